The Bertz CT molecular complexity index is 761. The van der Waals surface area contributed by atoms with Gasteiger partial charge in [-0.2, -0.15) is 0 Å². The predicted molar refractivity (Wildman–Crippen MR) is 92.9 cm³/mol. The number of anilines is 1. The summed E-state index contributed by atoms with van der Waals surface area (Å²) in [5.41, 5.74) is 0.528. The maximum absolute atomic E-state index is 12.9. The van der Waals surface area contributed by atoms with E-state index in [1.54, 1.807) is 0 Å². The summed E-state index contributed by atoms with van der Waals surface area (Å²) >= 11 is 0. The van der Waals surface area contributed by atoms with Crippen molar-refractivity contribution in [2.45, 2.75) is 0 Å². The number of rotatable bonds is 5. The van der Waals surface area contributed by atoms with Gasteiger partial charge in [0.05, 0.1) is 13.2 Å². The van der Waals surface area contributed by atoms with Gasteiger partial charge in [-0.3, -0.25) is 29.1 Å². The van der Waals surface area contributed by atoms with E-state index in [2.05, 4.69) is 5.32 Å². The molecule has 1 aromatic rings. The Balaban J connectivity index is 1.44. The van der Waals surface area contributed by atoms with Crippen molar-refractivity contribution in [1.82, 2.24) is 19.6 Å². The first-order valence-electron chi connectivity index (χ1n) is 8.49. The second-order valence-electron chi connectivity index (χ2n) is 6.47. The third kappa shape index (κ3) is 4.29. The van der Waals surface area contributed by atoms with E-state index in [4.69, 9.17) is 0 Å². The number of benzene rings is 1. The fourth-order valence-corrected chi connectivity index (χ4v) is 2.96. The van der Waals surface area contributed by atoms with Crippen LogP contribution in [-0.2, 0) is 14.4 Å². The Morgan fingerprint density at radius 2 is 1.59 bits per heavy atom. The van der Waals surface area contributed by atoms with Crippen LogP contribution < -0.4 is 5.32 Å². The maximum atomic E-state index is 12.9. The van der Waals surface area contributed by atoms with Gasteiger partial charge in [0.1, 0.15) is 5.82 Å². The zero-order valence-electron chi connectivity index (χ0n) is 14.9. The highest BCUT2D eigenvalue weighted by Gasteiger charge is 2.42. The number of nitrogens with zero attached hydrogens (tertiary/aromatic N) is 4. The molecule has 0 saturated carbocycles. The third-order valence-electron chi connectivity index (χ3n) is 4.55. The van der Waals surface area contributed by atoms with Crippen LogP contribution in [0.3, 0.4) is 0 Å². The van der Waals surface area contributed by atoms with Gasteiger partial charge in [0, 0.05) is 38.9 Å². The van der Waals surface area contributed by atoms with Gasteiger partial charge in [0.15, 0.2) is 0 Å². The van der Waals surface area contributed by atoms with Crippen molar-refractivity contribution in [2.24, 2.45) is 0 Å². The van der Waals surface area contributed by atoms with Gasteiger partial charge in [-0.25, -0.2) is 14.1 Å². The molecule has 0 unspecified atom stereocenters. The van der Waals surface area contributed by atoms with Crippen molar-refractivity contribution in [3.63, 3.8) is 0 Å². The van der Waals surface area contributed by atoms with Gasteiger partial charge in [0.25, 0.3) is 0 Å². The number of piperazine rings is 1. The Kier molecular flexibility index (Phi) is 5.47. The number of carbonyl (C=O) groups excluding carboxylic acids is 4. The van der Waals surface area contributed by atoms with Crippen LogP contribution in [0.25, 0.3) is 0 Å². The second-order valence-corrected chi connectivity index (χ2v) is 6.47. The van der Waals surface area contributed by atoms with Crippen LogP contribution in [0.1, 0.15) is 0 Å². The Morgan fingerprint density at radius 1 is 1.00 bits per heavy atom. The van der Waals surface area contributed by atoms with Crippen molar-refractivity contribution >= 4 is 29.4 Å². The average Bonchev–Trinajstić information content (AvgIpc) is 2.83. The quantitative estimate of drug-likeness (QED) is 0.562. The molecule has 0 radical (unpaired) electrons. The lowest BCUT2D eigenvalue weighted by Crippen LogP contribution is -2.52. The Morgan fingerprint density at radius 3 is 2.15 bits per heavy atom. The molecule has 0 bridgehead atoms. The molecular weight excluding hydrogens is 357 g/mol. The largest absolute Gasteiger partial charge is 0.335 e. The minimum Gasteiger partial charge on any atom is -0.325 e. The number of hydrogen-bond donors (Lipinski definition) is 1. The summed E-state index contributed by atoms with van der Waals surface area (Å²) in [6.07, 6.45) is 0. The highest BCUT2D eigenvalue weighted by molar-refractivity contribution is 6.44. The molecule has 5 amide bonds. The van der Waals surface area contributed by atoms with Crippen molar-refractivity contribution < 1.29 is 23.6 Å². The van der Waals surface area contributed by atoms with Gasteiger partial charge < -0.3 is 5.32 Å². The SMILES string of the molecule is CN1C(=O)C(=O)N(CN2CCN(CC(=O)Nc3ccc(F)cc3)CC2)C1=O. The summed E-state index contributed by atoms with van der Waals surface area (Å²) in [5, 5.41) is 2.71. The van der Waals surface area contributed by atoms with Crippen molar-refractivity contribution in [3.05, 3.63) is 30.1 Å². The van der Waals surface area contributed by atoms with E-state index in [0.717, 1.165) is 9.80 Å². The molecule has 1 N–H and O–H groups in total. The van der Waals surface area contributed by atoms with Crippen molar-refractivity contribution in [2.75, 3.05) is 51.8 Å². The monoisotopic (exact) mass is 377 g/mol. The molecule has 2 aliphatic heterocycles. The van der Waals surface area contributed by atoms with Crippen LogP contribution in [0, 0.1) is 5.82 Å². The molecule has 2 saturated heterocycles. The van der Waals surface area contributed by atoms with E-state index >= 15 is 0 Å². The van der Waals surface area contributed by atoms with Crippen LogP contribution in [0.15, 0.2) is 24.3 Å². The van der Waals surface area contributed by atoms with E-state index in [0.29, 0.717) is 31.9 Å². The molecule has 0 atom stereocenters. The average molecular weight is 377 g/mol. The number of carbonyl (C=O) groups is 4. The van der Waals surface area contributed by atoms with Crippen molar-refractivity contribution in [3.8, 4) is 0 Å². The van der Waals surface area contributed by atoms with Crippen LogP contribution >= 0.6 is 0 Å². The number of nitrogens with one attached hydrogen (secondary N) is 1. The molecule has 0 aromatic heterocycles. The molecule has 144 valence electrons. The molecular formula is C17H20FN5O4. The summed E-state index contributed by atoms with van der Waals surface area (Å²) in [7, 11) is 1.28. The first kappa shape index (κ1) is 18.9. The standard InChI is InChI=1S/C17H20FN5O4/c1-20-15(25)16(26)23(17(20)27)11-22-8-6-21(7-9-22)10-14(24)19-13-4-2-12(18)3-5-13/h2-5H,6-11H2,1H3,(H,19,24). The number of urea groups is 1. The second kappa shape index (κ2) is 7.80. The number of amides is 5. The summed E-state index contributed by atoms with van der Waals surface area (Å²) in [5.74, 6) is -2.21. The highest BCUT2D eigenvalue weighted by Crippen LogP contribution is 2.12. The van der Waals surface area contributed by atoms with E-state index in [1.165, 1.54) is 31.3 Å². The molecule has 2 fully saturated rings. The fraction of sp³-hybridized carbons (Fsp3) is 0.412. The molecule has 2 aliphatic rings. The van der Waals surface area contributed by atoms with E-state index < -0.39 is 17.8 Å². The molecule has 27 heavy (non-hydrogen) atoms. The summed E-state index contributed by atoms with van der Waals surface area (Å²) < 4.78 is 12.9. The molecule has 9 nitrogen and oxygen atoms in total. The Labute approximate surface area is 155 Å². The normalized spacial score (nSPS) is 19.1. The van der Waals surface area contributed by atoms with Crippen molar-refractivity contribution in [1.29, 1.82) is 0 Å². The lowest BCUT2D eigenvalue weighted by Gasteiger charge is -2.35. The topological polar surface area (TPSA) is 93.3 Å². The van der Waals surface area contributed by atoms with Gasteiger partial charge >= 0.3 is 17.8 Å². The number of likely N-dealkylation sites (N-methyl/N-ethyl adjacent to an activating group) is 1. The lowest BCUT2D eigenvalue weighted by atomic mass is 10.3. The molecule has 0 aliphatic carbocycles. The summed E-state index contributed by atoms with van der Waals surface area (Å²) in [4.78, 5) is 52.9. The van der Waals surface area contributed by atoms with E-state index in [1.807, 2.05) is 9.80 Å². The van der Waals surface area contributed by atoms with Crippen LogP contribution in [0.5, 0.6) is 0 Å². The van der Waals surface area contributed by atoms with Gasteiger partial charge in [-0.15, -0.1) is 0 Å². The first-order chi connectivity index (χ1) is 12.8. The van der Waals surface area contributed by atoms with Crippen LogP contribution in [0.2, 0.25) is 0 Å². The van der Waals surface area contributed by atoms with Gasteiger partial charge in [-0.05, 0) is 24.3 Å². The molecule has 3 rings (SSSR count). The van der Waals surface area contributed by atoms with Crippen LogP contribution in [0.4, 0.5) is 14.9 Å². The lowest BCUT2D eigenvalue weighted by molar-refractivity contribution is -0.143. The molecule has 10 heteroatoms. The third-order valence-corrected chi connectivity index (χ3v) is 4.55. The van der Waals surface area contributed by atoms with Crippen LogP contribution in [-0.4, -0.2) is 89.8 Å². The zero-order valence-corrected chi connectivity index (χ0v) is 14.9. The highest BCUT2D eigenvalue weighted by atomic mass is 19.1. The number of imide groups is 2. The first-order valence-corrected chi connectivity index (χ1v) is 8.49. The Hall–Kier alpha value is -2.85. The van der Waals surface area contributed by atoms with E-state index in [9.17, 15) is 23.6 Å². The summed E-state index contributed by atoms with van der Waals surface area (Å²) in [6, 6.07) is 4.92. The smallest absolute Gasteiger partial charge is 0.325 e. The van der Waals surface area contributed by atoms with Gasteiger partial charge in [0.2, 0.25) is 5.91 Å². The number of hydrogen-bond acceptors (Lipinski definition) is 6. The number of halogens is 1. The molecule has 1 aromatic carbocycles. The molecule has 0 spiro atoms. The molecule has 2 heterocycles. The minimum absolute atomic E-state index is 0.0589. The maximum Gasteiger partial charge on any atom is 0.335 e. The zero-order chi connectivity index (χ0) is 19.6. The summed E-state index contributed by atoms with van der Waals surface area (Å²) in [6.45, 7) is 2.52. The predicted octanol–water partition coefficient (Wildman–Crippen LogP) is -0.240. The fourth-order valence-electron chi connectivity index (χ4n) is 2.96. The van der Waals surface area contributed by atoms with Gasteiger partial charge in [-0.1, -0.05) is 0 Å². The van der Waals surface area contributed by atoms with E-state index in [-0.39, 0.29) is 24.9 Å². The minimum atomic E-state index is -0.823.